The van der Waals surface area contributed by atoms with Gasteiger partial charge in [0.1, 0.15) is 11.6 Å². The summed E-state index contributed by atoms with van der Waals surface area (Å²) < 4.78 is 9.30. The molecule has 1 unspecified atom stereocenters. The number of aromatic carboxylic acids is 1. The number of aromatic nitrogens is 4. The highest BCUT2D eigenvalue weighted by molar-refractivity contribution is 7.22. The number of fused-ring (bicyclic) bond motifs is 3. The van der Waals surface area contributed by atoms with Crippen molar-refractivity contribution in [2.24, 2.45) is 18.9 Å². The second-order valence-corrected chi connectivity index (χ2v) is 21.2. The number of likely N-dealkylation sites (tertiary alicyclic amines) is 1. The van der Waals surface area contributed by atoms with Crippen molar-refractivity contribution in [3.05, 3.63) is 125 Å². The minimum absolute atomic E-state index is 0.0220. The number of imide groups is 1. The molecule has 376 valence electrons. The summed E-state index contributed by atoms with van der Waals surface area (Å²) in [7, 11) is 1.93. The lowest BCUT2D eigenvalue weighted by Gasteiger charge is -2.36. The first-order valence-electron chi connectivity index (χ1n) is 25.8. The molecule has 15 nitrogen and oxygen atoms in total. The third-order valence-corrected chi connectivity index (χ3v) is 16.7. The van der Waals surface area contributed by atoms with Gasteiger partial charge >= 0.3 is 5.97 Å². The molecule has 3 fully saturated rings. The predicted octanol–water partition coefficient (Wildman–Crippen LogP) is 9.37. The minimum atomic E-state index is -1.10. The van der Waals surface area contributed by atoms with Crippen LogP contribution in [-0.2, 0) is 29.6 Å². The second-order valence-electron chi connectivity index (χ2n) is 20.2. The van der Waals surface area contributed by atoms with E-state index in [1.54, 1.807) is 0 Å². The summed E-state index contributed by atoms with van der Waals surface area (Å²) in [6, 6.07) is 29.6. The molecule has 16 heteroatoms. The van der Waals surface area contributed by atoms with Gasteiger partial charge in [0.2, 0.25) is 11.8 Å². The molecule has 4 aliphatic heterocycles. The zero-order valence-electron chi connectivity index (χ0n) is 41.4. The van der Waals surface area contributed by atoms with Gasteiger partial charge in [0.15, 0.2) is 10.8 Å². The van der Waals surface area contributed by atoms with Crippen molar-refractivity contribution < 1.29 is 29.0 Å². The van der Waals surface area contributed by atoms with Crippen LogP contribution in [0.2, 0.25) is 0 Å². The number of aryl methyl sites for hydroxylation is 1. The van der Waals surface area contributed by atoms with Crippen LogP contribution in [0, 0.1) is 18.8 Å². The van der Waals surface area contributed by atoms with E-state index < -0.39 is 11.9 Å². The van der Waals surface area contributed by atoms with Crippen LogP contribution in [0.5, 0.6) is 5.75 Å². The number of thiazole rings is 1. The second kappa shape index (κ2) is 20.7. The number of ether oxygens (including phenoxy) is 1. The van der Waals surface area contributed by atoms with E-state index in [0.29, 0.717) is 72.9 Å². The SMILES string of the molecule is Cc1c(OCCC2CCN(CCC3CCN(c4ccc5c(C6CCC(=O)NC6=O)nn(C)c5c4)CC3)CC2)cccc1-c1ccc(N2CCc3cccc(C(=O)Nc4nc5ccccc5s4)c3C2)nc1C(=O)O. The normalized spacial score (nSPS) is 18.0. The number of carbonyl (C=O) groups excluding carboxylic acids is 3. The Bertz CT molecular complexity index is 3210. The van der Waals surface area contributed by atoms with Crippen molar-refractivity contribution in [3.8, 4) is 16.9 Å². The maximum absolute atomic E-state index is 13.7. The average molecular weight is 1000 g/mol. The molecule has 0 saturated carbocycles. The molecule has 3 N–H and O–H groups in total. The van der Waals surface area contributed by atoms with Crippen LogP contribution in [0.4, 0.5) is 16.6 Å². The lowest BCUT2D eigenvalue weighted by molar-refractivity contribution is -0.134. The summed E-state index contributed by atoms with van der Waals surface area (Å²) in [4.78, 5) is 67.4. The van der Waals surface area contributed by atoms with Gasteiger partial charge in [-0.3, -0.25) is 29.7 Å². The molecule has 73 heavy (non-hydrogen) atoms. The number of hydrogen-bond donors (Lipinski definition) is 3. The lowest BCUT2D eigenvalue weighted by atomic mass is 9.91. The highest BCUT2D eigenvalue weighted by Gasteiger charge is 2.33. The van der Waals surface area contributed by atoms with Crippen LogP contribution >= 0.6 is 11.3 Å². The molecule has 3 aromatic heterocycles. The van der Waals surface area contributed by atoms with Crippen LogP contribution in [0.3, 0.4) is 0 Å². The van der Waals surface area contributed by atoms with Crippen molar-refractivity contribution in [2.45, 2.75) is 77.2 Å². The first kappa shape index (κ1) is 48.1. The number of carboxylic acid groups (broad SMARTS) is 1. The number of nitrogens with one attached hydrogen (secondary N) is 2. The van der Waals surface area contributed by atoms with E-state index in [1.165, 1.54) is 36.3 Å². The fraction of sp³-hybridized carbons (Fsp3) is 0.386. The molecule has 1 atom stereocenters. The summed E-state index contributed by atoms with van der Waals surface area (Å²) in [5.74, 6) is 0.407. The molecule has 4 aromatic carbocycles. The Morgan fingerprint density at radius 1 is 0.822 bits per heavy atom. The maximum atomic E-state index is 13.7. The van der Waals surface area contributed by atoms with Crippen molar-refractivity contribution >= 4 is 72.8 Å². The molecule has 7 aromatic rings. The van der Waals surface area contributed by atoms with Gasteiger partial charge in [-0.2, -0.15) is 5.10 Å². The third kappa shape index (κ3) is 10.1. The maximum Gasteiger partial charge on any atom is 0.355 e. The summed E-state index contributed by atoms with van der Waals surface area (Å²) in [5, 5.41) is 22.2. The van der Waals surface area contributed by atoms with E-state index >= 15 is 0 Å². The summed E-state index contributed by atoms with van der Waals surface area (Å²) in [6.45, 7) is 9.03. The number of hydrogen-bond acceptors (Lipinski definition) is 12. The highest BCUT2D eigenvalue weighted by atomic mass is 32.1. The lowest BCUT2D eigenvalue weighted by Crippen LogP contribution is -2.39. The Morgan fingerprint density at radius 2 is 1.62 bits per heavy atom. The number of piperidine rings is 3. The van der Waals surface area contributed by atoms with Crippen LogP contribution < -0.4 is 25.2 Å². The largest absolute Gasteiger partial charge is 0.493 e. The standard InChI is InChI=1S/C57H61N9O6S/c1-35-40(41-15-17-50(59-53(41)56(70)71)66-31-24-38-7-5-9-42(45(38)34-66)54(68)61-57-58-46-10-3-4-12-49(46)73-57)8-6-11-48(35)72-32-25-37-20-27-64(28-21-37)26-19-36-22-29-65(30-23-36)39-13-14-43-47(33-39)63(2)62-52(43)44-16-18-51(67)60-55(44)69/h3-15,17,33,36-37,44H,16,18-32,34H2,1-2H3,(H,70,71)(H,58,61,68)(H,60,67,69). The summed E-state index contributed by atoms with van der Waals surface area (Å²) >= 11 is 1.44. The Hall–Kier alpha value is -7.17. The minimum Gasteiger partial charge on any atom is -0.493 e. The van der Waals surface area contributed by atoms with Crippen molar-refractivity contribution in [1.29, 1.82) is 0 Å². The smallest absolute Gasteiger partial charge is 0.355 e. The first-order valence-corrected chi connectivity index (χ1v) is 26.6. The van der Waals surface area contributed by atoms with Crippen LogP contribution in [0.1, 0.15) is 101 Å². The van der Waals surface area contributed by atoms with Gasteiger partial charge in [0, 0.05) is 61.8 Å². The predicted molar refractivity (Wildman–Crippen MR) is 285 cm³/mol. The van der Waals surface area contributed by atoms with E-state index in [0.717, 1.165) is 107 Å². The number of para-hydroxylation sites is 1. The quantitative estimate of drug-likeness (QED) is 0.0882. The fourth-order valence-corrected chi connectivity index (χ4v) is 12.4. The molecule has 0 aliphatic carbocycles. The first-order chi connectivity index (χ1) is 35.5. The van der Waals surface area contributed by atoms with Crippen molar-refractivity contribution in [3.63, 3.8) is 0 Å². The van der Waals surface area contributed by atoms with E-state index in [1.807, 2.05) is 96.3 Å². The Morgan fingerprint density at radius 3 is 2.42 bits per heavy atom. The Labute approximate surface area is 428 Å². The Balaban J connectivity index is 0.647. The third-order valence-electron chi connectivity index (χ3n) is 15.8. The number of carboxylic acids is 1. The molecule has 7 heterocycles. The molecular formula is C57H61N9O6S. The number of amides is 3. The van der Waals surface area contributed by atoms with Crippen molar-refractivity contribution in [2.75, 3.05) is 61.0 Å². The number of nitrogens with zero attached hydrogens (tertiary/aromatic N) is 7. The summed E-state index contributed by atoms with van der Waals surface area (Å²) in [6.07, 6.45) is 8.36. The molecule has 4 aliphatic rings. The topological polar surface area (TPSA) is 175 Å². The van der Waals surface area contributed by atoms with Gasteiger partial charge < -0.3 is 24.5 Å². The van der Waals surface area contributed by atoms with Gasteiger partial charge in [-0.1, -0.05) is 47.7 Å². The van der Waals surface area contributed by atoms with Gasteiger partial charge in [-0.15, -0.1) is 0 Å². The van der Waals surface area contributed by atoms with Crippen LogP contribution in [0.15, 0.2) is 91.0 Å². The number of carbonyl (C=O) groups is 4. The molecule has 3 saturated heterocycles. The van der Waals surface area contributed by atoms with Crippen LogP contribution in [0.25, 0.3) is 32.2 Å². The average Bonchev–Trinajstić information content (AvgIpc) is 3.97. The Kier molecular flexibility index (Phi) is 13.7. The number of anilines is 3. The van der Waals surface area contributed by atoms with Gasteiger partial charge in [0.25, 0.3) is 5.91 Å². The number of benzene rings is 4. The molecule has 0 radical (unpaired) electrons. The number of pyridine rings is 1. The van der Waals surface area contributed by atoms with E-state index in [4.69, 9.17) is 14.8 Å². The molecule has 0 bridgehead atoms. The zero-order chi connectivity index (χ0) is 50.2. The summed E-state index contributed by atoms with van der Waals surface area (Å²) in [5.41, 5.74) is 8.52. The monoisotopic (exact) mass is 999 g/mol. The van der Waals surface area contributed by atoms with E-state index in [2.05, 4.69) is 43.6 Å². The van der Waals surface area contributed by atoms with Crippen LogP contribution in [-0.4, -0.2) is 99.3 Å². The van der Waals surface area contributed by atoms with Gasteiger partial charge in [-0.25, -0.2) is 14.8 Å². The van der Waals surface area contributed by atoms with Gasteiger partial charge in [-0.05, 0) is 167 Å². The highest BCUT2D eigenvalue weighted by Crippen LogP contribution is 2.37. The zero-order valence-corrected chi connectivity index (χ0v) is 42.3. The molecule has 0 spiro atoms. The van der Waals surface area contributed by atoms with E-state index in [-0.39, 0.29) is 23.4 Å². The molecule has 11 rings (SSSR count). The molecule has 3 amide bonds. The molecular weight excluding hydrogens is 939 g/mol. The van der Waals surface area contributed by atoms with Gasteiger partial charge in [0.05, 0.1) is 34.0 Å². The fourth-order valence-electron chi connectivity index (χ4n) is 11.5. The van der Waals surface area contributed by atoms with Crippen molar-refractivity contribution in [1.82, 2.24) is 30.0 Å². The van der Waals surface area contributed by atoms with E-state index in [9.17, 15) is 24.3 Å². The number of rotatable bonds is 14.